The van der Waals surface area contributed by atoms with E-state index in [4.69, 9.17) is 9.73 Å². The molecule has 4 nitrogen and oxygen atoms in total. The lowest BCUT2D eigenvalue weighted by Crippen LogP contribution is -2.42. The molecule has 0 bridgehead atoms. The van der Waals surface area contributed by atoms with E-state index in [1.165, 1.54) is 38.8 Å². The third-order valence-corrected chi connectivity index (χ3v) is 4.26. The Balaban J connectivity index is 1.85. The quantitative estimate of drug-likeness (QED) is 0.462. The van der Waals surface area contributed by atoms with Crippen molar-refractivity contribution in [1.29, 1.82) is 0 Å². The van der Waals surface area contributed by atoms with Gasteiger partial charge in [-0.15, -0.1) is 0 Å². The van der Waals surface area contributed by atoms with Gasteiger partial charge in [0, 0.05) is 39.9 Å². The molecule has 2 rings (SSSR count). The van der Waals surface area contributed by atoms with Gasteiger partial charge >= 0.3 is 0 Å². The Morgan fingerprint density at radius 2 is 2.22 bits per heavy atom. The summed E-state index contributed by atoms with van der Waals surface area (Å²) in [7, 11) is 1.75. The fourth-order valence-corrected chi connectivity index (χ4v) is 3.02. The van der Waals surface area contributed by atoms with Crippen molar-refractivity contribution >= 4 is 5.96 Å². The molecule has 1 N–H and O–H groups in total. The minimum Gasteiger partial charge on any atom is -0.385 e. The molecule has 0 aromatic heterocycles. The van der Waals surface area contributed by atoms with Crippen LogP contribution in [0, 0.1) is 5.41 Å². The molecule has 2 fully saturated rings. The van der Waals surface area contributed by atoms with Gasteiger partial charge in [0.2, 0.25) is 0 Å². The third-order valence-electron chi connectivity index (χ3n) is 4.26. The highest BCUT2D eigenvalue weighted by molar-refractivity contribution is 5.80. The summed E-state index contributed by atoms with van der Waals surface area (Å²) in [5.74, 6) is 1.11. The molecular weight excluding hydrogens is 226 g/mol. The zero-order chi connectivity index (χ0) is 12.8. The van der Waals surface area contributed by atoms with Gasteiger partial charge in [-0.1, -0.05) is 6.42 Å². The highest BCUT2D eigenvalue weighted by Crippen LogP contribution is 2.47. The van der Waals surface area contributed by atoms with E-state index in [1.54, 1.807) is 7.11 Å². The predicted octanol–water partition coefficient (Wildman–Crippen LogP) is 1.86. The number of likely N-dealkylation sites (tertiary alicyclic amines) is 1. The third kappa shape index (κ3) is 3.16. The number of hydrogen-bond acceptors (Lipinski definition) is 2. The van der Waals surface area contributed by atoms with E-state index in [0.29, 0.717) is 5.41 Å². The molecule has 104 valence electrons. The number of guanidine groups is 1. The number of hydrogen-bond donors (Lipinski definition) is 1. The summed E-state index contributed by atoms with van der Waals surface area (Å²) in [5.41, 5.74) is 0.642. The molecule has 0 aromatic carbocycles. The second-order valence-electron chi connectivity index (χ2n) is 5.61. The zero-order valence-corrected chi connectivity index (χ0v) is 11.9. The van der Waals surface area contributed by atoms with E-state index in [2.05, 4.69) is 17.1 Å². The van der Waals surface area contributed by atoms with Crippen LogP contribution in [0.4, 0.5) is 0 Å². The molecule has 1 heterocycles. The molecule has 1 aliphatic carbocycles. The van der Waals surface area contributed by atoms with Crippen molar-refractivity contribution in [3.63, 3.8) is 0 Å². The van der Waals surface area contributed by atoms with Crippen LogP contribution < -0.4 is 5.32 Å². The van der Waals surface area contributed by atoms with Crippen LogP contribution in [0.5, 0.6) is 0 Å². The number of nitrogens with zero attached hydrogens (tertiary/aromatic N) is 2. The number of nitrogens with one attached hydrogen (secondary N) is 1. The first kappa shape index (κ1) is 13.7. The molecule has 18 heavy (non-hydrogen) atoms. The fraction of sp³-hybridized carbons (Fsp3) is 0.929. The number of rotatable bonds is 5. The van der Waals surface area contributed by atoms with E-state index in [1.807, 2.05) is 0 Å². The maximum absolute atomic E-state index is 5.07. The Labute approximate surface area is 111 Å². The Morgan fingerprint density at radius 1 is 1.39 bits per heavy atom. The van der Waals surface area contributed by atoms with Crippen LogP contribution in [-0.2, 0) is 4.74 Å². The molecule has 4 heteroatoms. The Hall–Kier alpha value is -0.770. The molecule has 1 spiro atoms. The Bertz CT molecular complexity index is 287. The van der Waals surface area contributed by atoms with Gasteiger partial charge < -0.3 is 15.0 Å². The van der Waals surface area contributed by atoms with Crippen LogP contribution >= 0.6 is 0 Å². The number of ether oxygens (including phenoxy) is 1. The summed E-state index contributed by atoms with van der Waals surface area (Å²) in [4.78, 5) is 7.16. The minimum absolute atomic E-state index is 0.642. The summed E-state index contributed by atoms with van der Waals surface area (Å²) in [6, 6.07) is 0. The maximum Gasteiger partial charge on any atom is 0.193 e. The summed E-state index contributed by atoms with van der Waals surface area (Å²) in [6.45, 7) is 7.14. The van der Waals surface area contributed by atoms with E-state index in [9.17, 15) is 0 Å². The van der Waals surface area contributed by atoms with Crippen molar-refractivity contribution in [3.8, 4) is 0 Å². The molecule has 2 aliphatic rings. The van der Waals surface area contributed by atoms with E-state index in [0.717, 1.165) is 32.1 Å². The van der Waals surface area contributed by atoms with Gasteiger partial charge in [0.1, 0.15) is 0 Å². The van der Waals surface area contributed by atoms with Crippen molar-refractivity contribution in [3.05, 3.63) is 0 Å². The average Bonchev–Trinajstić information content (AvgIpc) is 2.78. The second-order valence-corrected chi connectivity index (χ2v) is 5.61. The van der Waals surface area contributed by atoms with Gasteiger partial charge in [-0.05, 0) is 38.0 Å². The maximum atomic E-state index is 5.07. The average molecular weight is 253 g/mol. The van der Waals surface area contributed by atoms with Crippen molar-refractivity contribution < 1.29 is 4.74 Å². The summed E-state index contributed by atoms with van der Waals surface area (Å²) in [5, 5.41) is 3.42. The van der Waals surface area contributed by atoms with Crippen LogP contribution in [0.3, 0.4) is 0 Å². The van der Waals surface area contributed by atoms with Gasteiger partial charge in [-0.2, -0.15) is 0 Å². The van der Waals surface area contributed by atoms with E-state index in [-0.39, 0.29) is 0 Å². The summed E-state index contributed by atoms with van der Waals surface area (Å²) >= 11 is 0. The molecule has 0 unspecified atom stereocenters. The van der Waals surface area contributed by atoms with Gasteiger partial charge in [0.05, 0.1) is 0 Å². The van der Waals surface area contributed by atoms with Crippen molar-refractivity contribution in [2.75, 3.05) is 39.9 Å². The van der Waals surface area contributed by atoms with Crippen molar-refractivity contribution in [2.45, 2.75) is 39.0 Å². The van der Waals surface area contributed by atoms with Crippen LogP contribution in [-0.4, -0.2) is 50.8 Å². The lowest BCUT2D eigenvalue weighted by Gasteiger charge is -2.38. The molecule has 0 aromatic rings. The highest BCUT2D eigenvalue weighted by atomic mass is 16.5. The second kappa shape index (κ2) is 6.41. The molecule has 1 saturated carbocycles. The lowest BCUT2D eigenvalue weighted by molar-refractivity contribution is 0.151. The van der Waals surface area contributed by atoms with E-state index < -0.39 is 0 Å². The van der Waals surface area contributed by atoms with Crippen LogP contribution in [0.1, 0.15) is 39.0 Å². The van der Waals surface area contributed by atoms with Gasteiger partial charge in [0.25, 0.3) is 0 Å². The smallest absolute Gasteiger partial charge is 0.193 e. The Kier molecular flexibility index (Phi) is 4.87. The summed E-state index contributed by atoms with van der Waals surface area (Å²) in [6.07, 6.45) is 6.63. The van der Waals surface area contributed by atoms with Gasteiger partial charge in [0.15, 0.2) is 5.96 Å². The topological polar surface area (TPSA) is 36.9 Å². The largest absolute Gasteiger partial charge is 0.385 e. The molecule has 0 amide bonds. The fourth-order valence-electron chi connectivity index (χ4n) is 3.02. The minimum atomic E-state index is 0.642. The SMILES string of the molecule is CCNC(=NCCCOC)N1CCC2(CCC2)C1. The number of methoxy groups -OCH3 is 1. The first-order chi connectivity index (χ1) is 8.79. The Morgan fingerprint density at radius 3 is 2.78 bits per heavy atom. The van der Waals surface area contributed by atoms with Crippen molar-refractivity contribution in [2.24, 2.45) is 10.4 Å². The van der Waals surface area contributed by atoms with Gasteiger partial charge in [-0.3, -0.25) is 4.99 Å². The molecular formula is C14H27N3O. The molecule has 0 radical (unpaired) electrons. The highest BCUT2D eigenvalue weighted by Gasteiger charge is 2.43. The zero-order valence-electron chi connectivity index (χ0n) is 11.9. The lowest BCUT2D eigenvalue weighted by atomic mass is 9.68. The van der Waals surface area contributed by atoms with Crippen LogP contribution in [0.2, 0.25) is 0 Å². The van der Waals surface area contributed by atoms with Gasteiger partial charge in [-0.25, -0.2) is 0 Å². The standard InChI is InChI=1S/C14H27N3O/c1-3-15-13(16-9-5-11-18-2)17-10-8-14(12-17)6-4-7-14/h3-12H2,1-2H3,(H,15,16). The normalized spacial score (nSPS) is 22.3. The first-order valence-electron chi connectivity index (χ1n) is 7.32. The van der Waals surface area contributed by atoms with Crippen LogP contribution in [0.15, 0.2) is 4.99 Å². The summed E-state index contributed by atoms with van der Waals surface area (Å²) < 4.78 is 5.07. The molecule has 0 atom stereocenters. The molecule has 1 aliphatic heterocycles. The number of aliphatic imine (C=N–C) groups is 1. The van der Waals surface area contributed by atoms with E-state index >= 15 is 0 Å². The van der Waals surface area contributed by atoms with Crippen molar-refractivity contribution in [1.82, 2.24) is 10.2 Å². The molecule has 1 saturated heterocycles. The monoisotopic (exact) mass is 253 g/mol. The first-order valence-corrected chi connectivity index (χ1v) is 7.32. The predicted molar refractivity (Wildman–Crippen MR) is 74.9 cm³/mol. The van der Waals surface area contributed by atoms with Crippen LogP contribution in [0.25, 0.3) is 0 Å².